The van der Waals surface area contributed by atoms with E-state index in [4.69, 9.17) is 0 Å². The monoisotopic (exact) mass is 793 g/mol. The Morgan fingerprint density at radius 3 is 1.69 bits per heavy atom. The van der Waals surface area contributed by atoms with Crippen molar-refractivity contribution < 1.29 is 47.6 Å². The molecule has 3 heteroatoms. The topological polar surface area (TPSA) is 0 Å². The van der Waals surface area contributed by atoms with Crippen LogP contribution in [0.5, 0.6) is 0 Å². The molecule has 3 aromatic rings. The number of fused-ring (bicyclic) bond motifs is 2. The zero-order valence-corrected chi connectivity index (χ0v) is 36.9. The van der Waals surface area contributed by atoms with Gasteiger partial charge in [0.2, 0.25) is 0 Å². The van der Waals surface area contributed by atoms with Gasteiger partial charge in [-0.15, -0.1) is 0 Å². The molecule has 0 amide bonds. The summed E-state index contributed by atoms with van der Waals surface area (Å²) in [7, 11) is 0. The van der Waals surface area contributed by atoms with Crippen molar-refractivity contribution in [3.8, 4) is 0 Å². The molecule has 267 valence electrons. The average molecular weight is 796 g/mol. The molecule has 1 atom stereocenters. The Morgan fingerprint density at radius 1 is 0.686 bits per heavy atom. The second-order valence-electron chi connectivity index (χ2n) is 17.4. The van der Waals surface area contributed by atoms with Crippen LogP contribution in [-0.2, 0) is 28.2 Å². The van der Waals surface area contributed by atoms with Crippen LogP contribution >= 0.6 is 0 Å². The van der Waals surface area contributed by atoms with E-state index in [0.29, 0.717) is 17.8 Å². The fourth-order valence-corrected chi connectivity index (χ4v) is 13.4. The minimum Gasteiger partial charge on any atom is -1.00 e. The van der Waals surface area contributed by atoms with Gasteiger partial charge in [0.15, 0.2) is 0 Å². The van der Waals surface area contributed by atoms with Crippen molar-refractivity contribution in [1.82, 2.24) is 0 Å². The summed E-state index contributed by atoms with van der Waals surface area (Å²) in [6.07, 6.45) is 8.18. The Labute approximate surface area is 332 Å². The Balaban J connectivity index is 0.00000292. The number of benzene rings is 3. The second-order valence-corrected chi connectivity index (χ2v) is 20.5. The summed E-state index contributed by atoms with van der Waals surface area (Å²) < 4.78 is 3.23. The molecule has 3 aliphatic rings. The van der Waals surface area contributed by atoms with E-state index in [1.165, 1.54) is 32.7 Å². The van der Waals surface area contributed by atoms with E-state index < -0.39 is 22.8 Å². The van der Waals surface area contributed by atoms with Crippen molar-refractivity contribution in [2.75, 3.05) is 0 Å². The average Bonchev–Trinajstić information content (AvgIpc) is 3.68. The van der Waals surface area contributed by atoms with Gasteiger partial charge in [0.05, 0.1) is 0 Å². The van der Waals surface area contributed by atoms with Crippen molar-refractivity contribution in [3.05, 3.63) is 152 Å². The van der Waals surface area contributed by atoms with E-state index in [9.17, 15) is 0 Å². The van der Waals surface area contributed by atoms with Crippen LogP contribution < -0.4 is 35.3 Å². The Kier molecular flexibility index (Phi) is 12.7. The molecule has 0 aromatic heterocycles. The first-order chi connectivity index (χ1) is 23.1. The van der Waals surface area contributed by atoms with Crippen LogP contribution in [0.25, 0.3) is 8.85 Å². The number of hydrogen-bond acceptors (Lipinski definition) is 0. The molecule has 0 saturated carbocycles. The molecular formula is C48H57Cl2Zr. The largest absolute Gasteiger partial charge is 1.00 e. The first kappa shape index (κ1) is 41.4. The van der Waals surface area contributed by atoms with Crippen molar-refractivity contribution in [1.29, 1.82) is 0 Å². The van der Waals surface area contributed by atoms with Crippen LogP contribution in [0.1, 0.15) is 106 Å². The molecular weight excluding hydrogens is 739 g/mol. The van der Waals surface area contributed by atoms with Crippen molar-refractivity contribution >= 4 is 12.1 Å². The fourth-order valence-electron chi connectivity index (χ4n) is 9.47. The van der Waals surface area contributed by atoms with Crippen LogP contribution in [0, 0.1) is 28.6 Å². The van der Waals surface area contributed by atoms with E-state index >= 15 is 0 Å². The van der Waals surface area contributed by atoms with Crippen LogP contribution in [-0.4, -0.2) is 3.21 Å². The third-order valence-corrected chi connectivity index (χ3v) is 15.1. The van der Waals surface area contributed by atoms with Crippen LogP contribution in [0.2, 0.25) is 0 Å². The smallest absolute Gasteiger partial charge is 1.00 e. The maximum atomic E-state index is 2.61. The molecule has 0 N–H and O–H groups in total. The molecule has 3 aromatic carbocycles. The molecule has 0 aliphatic heterocycles. The van der Waals surface area contributed by atoms with Crippen molar-refractivity contribution in [2.45, 2.75) is 94.9 Å². The minimum atomic E-state index is -1.42. The van der Waals surface area contributed by atoms with Crippen LogP contribution in [0.4, 0.5) is 0 Å². The molecule has 6 rings (SSSR count). The number of halogens is 2. The van der Waals surface area contributed by atoms with E-state index in [1.807, 2.05) is 0 Å². The van der Waals surface area contributed by atoms with Gasteiger partial charge in [-0.25, -0.2) is 0 Å². The predicted molar refractivity (Wildman–Crippen MR) is 210 cm³/mol. The van der Waals surface area contributed by atoms with Gasteiger partial charge in [0, 0.05) is 0 Å². The van der Waals surface area contributed by atoms with Crippen molar-refractivity contribution in [2.24, 2.45) is 28.6 Å². The molecule has 0 radical (unpaired) electrons. The number of rotatable bonds is 7. The molecule has 0 saturated heterocycles. The zero-order valence-electron chi connectivity index (χ0n) is 32.9. The number of hydrogen-bond donors (Lipinski definition) is 0. The summed E-state index contributed by atoms with van der Waals surface area (Å²) >= 11 is -1.42. The first-order valence-electron chi connectivity index (χ1n) is 18.6. The minimum absolute atomic E-state index is 0. The van der Waals surface area contributed by atoms with Gasteiger partial charge in [-0.1, -0.05) is 0 Å². The summed E-state index contributed by atoms with van der Waals surface area (Å²) in [5, 5.41) is 2.98. The van der Waals surface area contributed by atoms with Gasteiger partial charge in [-0.3, -0.25) is 0 Å². The maximum absolute atomic E-state index is 2.61. The molecule has 51 heavy (non-hydrogen) atoms. The first-order valence-corrected chi connectivity index (χ1v) is 21.1. The van der Waals surface area contributed by atoms with E-state index in [1.54, 1.807) is 34.4 Å². The van der Waals surface area contributed by atoms with Gasteiger partial charge in [-0.05, 0) is 0 Å². The maximum Gasteiger partial charge on any atom is -1.00 e. The van der Waals surface area contributed by atoms with Crippen molar-refractivity contribution in [3.63, 3.8) is 0 Å². The van der Waals surface area contributed by atoms with Gasteiger partial charge >= 0.3 is 310 Å². The SMILES string of the molecule is CC(C)C1=C(C(C)C)C(C(C)C)(C(C)(C)C)C(C2=CC=CC2)=C2[C]([Zr+2]=[C](c3ccccc3)c3ccccc3)=c3cc(C(C)(C)C)ccc3=C21.[Cl-].[Cl-]. The molecule has 0 bridgehead atoms. The summed E-state index contributed by atoms with van der Waals surface area (Å²) in [5.74, 6) is 1.26. The van der Waals surface area contributed by atoms with E-state index in [0.717, 1.165) is 6.42 Å². The van der Waals surface area contributed by atoms with E-state index in [-0.39, 0.29) is 41.1 Å². The van der Waals surface area contributed by atoms with Gasteiger partial charge in [0.25, 0.3) is 0 Å². The Hall–Kier alpha value is -2.31. The predicted octanol–water partition coefficient (Wildman–Crippen LogP) is 5.11. The molecule has 3 aliphatic carbocycles. The van der Waals surface area contributed by atoms with Gasteiger partial charge < -0.3 is 24.8 Å². The van der Waals surface area contributed by atoms with Gasteiger partial charge in [0.1, 0.15) is 0 Å². The third kappa shape index (κ3) is 7.07. The Morgan fingerprint density at radius 2 is 1.25 bits per heavy atom. The fraction of sp³-hybridized carbons (Fsp3) is 0.396. The third-order valence-electron chi connectivity index (χ3n) is 11.2. The zero-order chi connectivity index (χ0) is 35.5. The molecule has 0 spiro atoms. The summed E-state index contributed by atoms with van der Waals surface area (Å²) in [6, 6.07) is 30.1. The normalized spacial score (nSPS) is 18.5. The summed E-state index contributed by atoms with van der Waals surface area (Å²) in [4.78, 5) is 0. The molecule has 1 unspecified atom stereocenters. The second kappa shape index (κ2) is 15.6. The standard InChI is InChI=1S/C35H47.C13H10.2ClH.Zr/c1-21(2)29-30-27-18-17-26(33(7,8)9)19-25(27)20-28(30)32(24-15-13-14-16-24)35(23(5)6,34(10,11)12)31(29)22(3)4;1-3-7-12(8-4-1)11-13-9-5-2-6-10-13;;;/h13-15,17-19,21-23H,16H2,1-12H3;1-10H;2*1H;/q;;;;+2/p-2. The molecule has 0 heterocycles. The van der Waals surface area contributed by atoms with Gasteiger partial charge in [-0.2, -0.15) is 0 Å². The molecule has 0 nitrogen and oxygen atoms in total. The van der Waals surface area contributed by atoms with Crippen LogP contribution in [0.15, 0.2) is 125 Å². The van der Waals surface area contributed by atoms with Crippen LogP contribution in [0.3, 0.4) is 0 Å². The summed E-state index contributed by atoms with van der Waals surface area (Å²) in [6.45, 7) is 29.6. The summed E-state index contributed by atoms with van der Waals surface area (Å²) in [5.41, 5.74) is 13.7. The molecule has 0 fully saturated rings. The Bertz CT molecular complexity index is 2010. The van der Waals surface area contributed by atoms with E-state index in [2.05, 4.69) is 180 Å². The quantitative estimate of drug-likeness (QED) is 0.312. The number of allylic oxidation sites excluding steroid dienone is 8.